The van der Waals surface area contributed by atoms with Gasteiger partial charge in [-0.05, 0) is 86.5 Å². The van der Waals surface area contributed by atoms with Gasteiger partial charge in [0.15, 0.2) is 0 Å². The monoisotopic (exact) mass is 660 g/mol. The van der Waals surface area contributed by atoms with Crippen LogP contribution in [-0.4, -0.2) is 103 Å². The van der Waals surface area contributed by atoms with Crippen LogP contribution < -0.4 is 0 Å². The van der Waals surface area contributed by atoms with Crippen molar-refractivity contribution in [1.82, 2.24) is 29.0 Å². The highest BCUT2D eigenvalue weighted by Gasteiger charge is 2.41. The number of halogens is 1. The highest BCUT2D eigenvalue weighted by molar-refractivity contribution is 7.89. The number of nitrogens with zero attached hydrogens (tertiary/aromatic N) is 6. The lowest BCUT2D eigenvalue weighted by Crippen LogP contribution is -2.46. The summed E-state index contributed by atoms with van der Waals surface area (Å²) in [6.45, 7) is 7.67. The summed E-state index contributed by atoms with van der Waals surface area (Å²) in [6, 6.07) is 13.0. The molecule has 12 heteroatoms. The number of likely N-dealkylation sites (tertiary alicyclic amines) is 2. The van der Waals surface area contributed by atoms with Gasteiger partial charge in [0.25, 0.3) is 11.8 Å². The number of benzene rings is 2. The van der Waals surface area contributed by atoms with Crippen LogP contribution in [0.4, 0.5) is 4.39 Å². The number of carbonyl (C=O) groups excluding carboxylic acids is 2. The fourth-order valence-corrected chi connectivity index (χ4v) is 8.19. The van der Waals surface area contributed by atoms with Crippen molar-refractivity contribution in [3.05, 3.63) is 101 Å². The maximum absolute atomic E-state index is 14.5. The van der Waals surface area contributed by atoms with Crippen LogP contribution in [0.5, 0.6) is 0 Å². The molecule has 3 aliphatic rings. The lowest BCUT2D eigenvalue weighted by atomic mass is 9.70. The van der Waals surface area contributed by atoms with Gasteiger partial charge in [0, 0.05) is 64.5 Å². The molecule has 10 nitrogen and oxygen atoms in total. The van der Waals surface area contributed by atoms with E-state index in [1.54, 1.807) is 34.1 Å². The molecule has 6 rings (SSSR count). The Kier molecular flexibility index (Phi) is 9.03. The minimum Gasteiger partial charge on any atom is -0.339 e. The zero-order valence-electron chi connectivity index (χ0n) is 27.3. The zero-order chi connectivity index (χ0) is 33.5. The molecule has 0 radical (unpaired) electrons. The molecule has 0 spiro atoms. The van der Waals surface area contributed by atoms with Gasteiger partial charge in [-0.15, -0.1) is 0 Å². The van der Waals surface area contributed by atoms with Gasteiger partial charge in [-0.25, -0.2) is 27.1 Å². The fraction of sp³-hybridized carbons (Fsp3) is 0.429. The number of carbonyl (C=O) groups is 2. The van der Waals surface area contributed by atoms with E-state index in [2.05, 4.69) is 14.9 Å². The topological polar surface area (TPSA) is 107 Å². The zero-order valence-corrected chi connectivity index (χ0v) is 28.1. The third kappa shape index (κ3) is 6.46. The number of rotatable bonds is 8. The maximum Gasteiger partial charge on any atom is 0.261 e. The molecule has 0 saturated carbocycles. The van der Waals surface area contributed by atoms with Crippen molar-refractivity contribution in [2.45, 2.75) is 43.4 Å². The van der Waals surface area contributed by atoms with Gasteiger partial charge in [0.1, 0.15) is 12.1 Å². The lowest BCUT2D eigenvalue weighted by molar-refractivity contribution is 0.0650. The Hall–Kier alpha value is -4.00. The first-order valence-corrected chi connectivity index (χ1v) is 17.4. The van der Waals surface area contributed by atoms with E-state index in [0.717, 1.165) is 35.9 Å². The summed E-state index contributed by atoms with van der Waals surface area (Å²) in [7, 11) is -0.747. The number of fused-ring (bicyclic) bond motifs is 1. The Morgan fingerprint density at radius 2 is 1.68 bits per heavy atom. The highest BCUT2D eigenvalue weighted by Crippen LogP contribution is 2.41. The van der Waals surface area contributed by atoms with Gasteiger partial charge < -0.3 is 9.80 Å². The third-order valence-corrected chi connectivity index (χ3v) is 11.9. The molecule has 2 aromatic carbocycles. The predicted octanol–water partition coefficient (Wildman–Crippen LogP) is 4.02. The van der Waals surface area contributed by atoms with Crippen LogP contribution in [0.25, 0.3) is 0 Å². The molecule has 1 atom stereocenters. The van der Waals surface area contributed by atoms with E-state index in [1.807, 2.05) is 26.1 Å². The van der Waals surface area contributed by atoms with Gasteiger partial charge in [0.2, 0.25) is 10.0 Å². The van der Waals surface area contributed by atoms with Crippen molar-refractivity contribution in [2.24, 2.45) is 5.92 Å². The number of amides is 2. The fourth-order valence-electron chi connectivity index (χ4n) is 7.24. The van der Waals surface area contributed by atoms with Gasteiger partial charge in [-0.1, -0.05) is 18.2 Å². The number of piperidine rings is 1. The molecule has 47 heavy (non-hydrogen) atoms. The van der Waals surface area contributed by atoms with Crippen molar-refractivity contribution in [1.29, 1.82) is 0 Å². The van der Waals surface area contributed by atoms with Crippen LogP contribution in [0.2, 0.25) is 0 Å². The Morgan fingerprint density at radius 3 is 2.34 bits per heavy atom. The van der Waals surface area contributed by atoms with Gasteiger partial charge >= 0.3 is 0 Å². The first-order chi connectivity index (χ1) is 22.4. The molecule has 1 unspecified atom stereocenters. The molecule has 4 heterocycles. The van der Waals surface area contributed by atoms with Crippen molar-refractivity contribution in [3.63, 3.8) is 0 Å². The molecule has 3 aliphatic heterocycles. The number of hydrogen-bond donors (Lipinski definition) is 0. The summed E-state index contributed by atoms with van der Waals surface area (Å²) in [5, 5.41) is 0. The highest BCUT2D eigenvalue weighted by atomic mass is 32.2. The van der Waals surface area contributed by atoms with Crippen LogP contribution in [-0.2, 0) is 15.4 Å². The molecule has 2 fully saturated rings. The first kappa shape index (κ1) is 32.9. The molecular weight excluding hydrogens is 619 g/mol. The molecule has 0 aliphatic carbocycles. The maximum atomic E-state index is 14.5. The summed E-state index contributed by atoms with van der Waals surface area (Å²) in [4.78, 5) is 41.3. The molecule has 248 valence electrons. The second-order valence-electron chi connectivity index (χ2n) is 13.2. The third-order valence-electron chi connectivity index (χ3n) is 10.1. The molecule has 3 aromatic rings. The van der Waals surface area contributed by atoms with E-state index in [0.29, 0.717) is 55.0 Å². The number of sulfonamides is 1. The van der Waals surface area contributed by atoms with E-state index in [4.69, 9.17) is 0 Å². The largest absolute Gasteiger partial charge is 0.339 e. The number of aromatic nitrogens is 2. The summed E-state index contributed by atoms with van der Waals surface area (Å²) in [5.74, 6) is -0.286. The predicted molar refractivity (Wildman–Crippen MR) is 176 cm³/mol. The van der Waals surface area contributed by atoms with Crippen LogP contribution in [0.15, 0.2) is 71.5 Å². The van der Waals surface area contributed by atoms with Gasteiger partial charge in [0.05, 0.1) is 21.8 Å². The van der Waals surface area contributed by atoms with Crippen molar-refractivity contribution >= 4 is 21.8 Å². The quantitative estimate of drug-likeness (QED) is 0.360. The Labute approximate surface area is 276 Å². The van der Waals surface area contributed by atoms with Gasteiger partial charge in [-0.2, -0.15) is 0 Å². The summed E-state index contributed by atoms with van der Waals surface area (Å²) in [6.07, 6.45) is 5.60. The van der Waals surface area contributed by atoms with Crippen molar-refractivity contribution < 1.29 is 22.4 Å². The van der Waals surface area contributed by atoms with Gasteiger partial charge in [-0.3, -0.25) is 14.5 Å². The average Bonchev–Trinajstić information content (AvgIpc) is 3.63. The molecule has 0 bridgehead atoms. The molecule has 2 saturated heterocycles. The Morgan fingerprint density at radius 1 is 0.979 bits per heavy atom. The normalized spacial score (nSPS) is 19.6. The minimum absolute atomic E-state index is 0.0635. The first-order valence-electron chi connectivity index (χ1n) is 16.0. The van der Waals surface area contributed by atoms with E-state index in [1.165, 1.54) is 44.2 Å². The van der Waals surface area contributed by atoms with Crippen LogP contribution >= 0.6 is 0 Å². The second kappa shape index (κ2) is 12.9. The summed E-state index contributed by atoms with van der Waals surface area (Å²) >= 11 is 0. The number of hydrogen-bond acceptors (Lipinski definition) is 7. The molecule has 1 aromatic heterocycles. The Bertz CT molecular complexity index is 1820. The molecular formula is C35H41FN6O4S. The summed E-state index contributed by atoms with van der Waals surface area (Å²) < 4.78 is 41.0. The minimum atomic E-state index is -3.67. The SMILES string of the molecule is Cc1ncnc(C)c1C(=O)N1C=C2CN(CCC3(c4cccc(F)c4)CCN(C(=O)c4cccc(S(=O)(=O)N(C)C)c4)CC3)CC2C1. The van der Waals surface area contributed by atoms with Crippen LogP contribution in [0, 0.1) is 25.6 Å². The van der Waals surface area contributed by atoms with E-state index < -0.39 is 10.0 Å². The smallest absolute Gasteiger partial charge is 0.261 e. The summed E-state index contributed by atoms with van der Waals surface area (Å²) in [5.41, 5.74) is 4.13. The standard InChI is InChI=1S/C35H41FN6O4S/c1-24-32(25(2)38-23-37-24)34(44)42-21-27-19-40(20-28(27)22-42)14-11-35(29-8-6-9-30(36)18-29)12-15-41(16-13-35)33(43)26-7-5-10-31(17-26)47(45,46)39(3)4/h5-10,17-18,21,23,28H,11-16,19-20,22H2,1-4H3. The van der Waals surface area contributed by atoms with Crippen LogP contribution in [0.1, 0.15) is 56.9 Å². The van der Waals surface area contributed by atoms with Crippen molar-refractivity contribution in [2.75, 3.05) is 53.4 Å². The Balaban J connectivity index is 1.13. The van der Waals surface area contributed by atoms with Crippen molar-refractivity contribution in [3.8, 4) is 0 Å². The lowest BCUT2D eigenvalue weighted by Gasteiger charge is -2.43. The average molecular weight is 661 g/mol. The van der Waals surface area contributed by atoms with E-state index >= 15 is 0 Å². The molecule has 0 N–H and O–H groups in total. The van der Waals surface area contributed by atoms with E-state index in [-0.39, 0.29) is 33.9 Å². The molecule has 2 amide bonds. The second-order valence-corrected chi connectivity index (χ2v) is 15.3. The number of aryl methyl sites for hydroxylation is 2. The van der Waals surface area contributed by atoms with Crippen LogP contribution in [0.3, 0.4) is 0 Å². The van der Waals surface area contributed by atoms with E-state index in [9.17, 15) is 22.4 Å².